The molecule has 1 unspecified atom stereocenters. The lowest BCUT2D eigenvalue weighted by Crippen LogP contribution is -2.35. The third kappa shape index (κ3) is 2.86. The van der Waals surface area contributed by atoms with Crippen LogP contribution in [0, 0.1) is 5.92 Å². The van der Waals surface area contributed by atoms with Gasteiger partial charge in [-0.25, -0.2) is 0 Å². The highest BCUT2D eigenvalue weighted by Gasteiger charge is 2.22. The molecule has 0 aromatic heterocycles. The van der Waals surface area contributed by atoms with Crippen LogP contribution in [0.4, 0.5) is 5.69 Å². The SMILES string of the molecule is CC1CCCN(c2ccccc2CNC2CC2)C1. The summed E-state index contributed by atoms with van der Waals surface area (Å²) in [5.41, 5.74) is 2.93. The normalized spacial score (nSPS) is 24.3. The highest BCUT2D eigenvalue weighted by atomic mass is 15.1. The Balaban J connectivity index is 1.72. The molecule has 0 bridgehead atoms. The second-order valence-corrected chi connectivity index (χ2v) is 5.98. The Morgan fingerprint density at radius 1 is 1.22 bits per heavy atom. The molecule has 1 aliphatic carbocycles. The topological polar surface area (TPSA) is 15.3 Å². The fourth-order valence-electron chi connectivity index (χ4n) is 2.92. The van der Waals surface area contributed by atoms with E-state index < -0.39 is 0 Å². The molecule has 3 rings (SSSR count). The summed E-state index contributed by atoms with van der Waals surface area (Å²) in [5, 5.41) is 3.64. The molecule has 1 aliphatic heterocycles. The van der Waals surface area contributed by atoms with Gasteiger partial charge >= 0.3 is 0 Å². The Labute approximate surface area is 110 Å². The van der Waals surface area contributed by atoms with Crippen LogP contribution in [0.2, 0.25) is 0 Å². The Hall–Kier alpha value is -1.02. The van der Waals surface area contributed by atoms with Crippen molar-refractivity contribution in [1.29, 1.82) is 0 Å². The van der Waals surface area contributed by atoms with Gasteiger partial charge < -0.3 is 10.2 Å². The zero-order valence-electron chi connectivity index (χ0n) is 11.4. The Morgan fingerprint density at radius 3 is 2.83 bits per heavy atom. The number of para-hydroxylation sites is 1. The molecular formula is C16H24N2. The van der Waals surface area contributed by atoms with E-state index >= 15 is 0 Å². The van der Waals surface area contributed by atoms with Crippen LogP contribution in [-0.2, 0) is 6.54 Å². The van der Waals surface area contributed by atoms with Crippen LogP contribution < -0.4 is 10.2 Å². The Kier molecular flexibility index (Phi) is 3.55. The van der Waals surface area contributed by atoms with Gasteiger partial charge in [-0.05, 0) is 43.2 Å². The summed E-state index contributed by atoms with van der Waals surface area (Å²) in [6.07, 6.45) is 5.45. The predicted octanol–water partition coefficient (Wildman–Crippen LogP) is 3.17. The summed E-state index contributed by atoms with van der Waals surface area (Å²) in [5.74, 6) is 0.836. The van der Waals surface area contributed by atoms with E-state index in [1.807, 2.05) is 0 Å². The van der Waals surface area contributed by atoms with Gasteiger partial charge in [0.2, 0.25) is 0 Å². The fraction of sp³-hybridized carbons (Fsp3) is 0.625. The number of hydrogen-bond acceptors (Lipinski definition) is 2. The van der Waals surface area contributed by atoms with Crippen LogP contribution in [0.5, 0.6) is 0 Å². The molecule has 1 aromatic carbocycles. The molecule has 2 heteroatoms. The second-order valence-electron chi connectivity index (χ2n) is 5.98. The number of nitrogens with one attached hydrogen (secondary N) is 1. The molecule has 0 spiro atoms. The number of piperidine rings is 1. The third-order valence-electron chi connectivity index (χ3n) is 4.15. The van der Waals surface area contributed by atoms with Crippen molar-refractivity contribution in [2.75, 3.05) is 18.0 Å². The van der Waals surface area contributed by atoms with Gasteiger partial charge in [-0.15, -0.1) is 0 Å². The average Bonchev–Trinajstić information content (AvgIpc) is 3.21. The van der Waals surface area contributed by atoms with Crippen molar-refractivity contribution >= 4 is 5.69 Å². The average molecular weight is 244 g/mol. The van der Waals surface area contributed by atoms with Crippen molar-refractivity contribution < 1.29 is 0 Å². The molecule has 1 N–H and O–H groups in total. The van der Waals surface area contributed by atoms with Crippen LogP contribution in [0.3, 0.4) is 0 Å². The predicted molar refractivity (Wildman–Crippen MR) is 76.9 cm³/mol. The first kappa shape index (κ1) is 12.0. The van der Waals surface area contributed by atoms with Gasteiger partial charge in [0.1, 0.15) is 0 Å². The van der Waals surface area contributed by atoms with E-state index in [-0.39, 0.29) is 0 Å². The maximum absolute atomic E-state index is 3.64. The molecule has 1 aromatic rings. The lowest BCUT2D eigenvalue weighted by Gasteiger charge is -2.34. The first-order valence-electron chi connectivity index (χ1n) is 7.39. The highest BCUT2D eigenvalue weighted by Crippen LogP contribution is 2.27. The van der Waals surface area contributed by atoms with Gasteiger partial charge in [0.25, 0.3) is 0 Å². The van der Waals surface area contributed by atoms with Gasteiger partial charge in [0, 0.05) is 31.4 Å². The number of nitrogens with zero attached hydrogens (tertiary/aromatic N) is 1. The van der Waals surface area contributed by atoms with Crippen LogP contribution in [0.25, 0.3) is 0 Å². The number of anilines is 1. The first-order chi connectivity index (χ1) is 8.83. The van der Waals surface area contributed by atoms with E-state index in [0.717, 1.165) is 18.5 Å². The van der Waals surface area contributed by atoms with E-state index in [4.69, 9.17) is 0 Å². The van der Waals surface area contributed by atoms with E-state index in [0.29, 0.717) is 0 Å². The molecule has 2 nitrogen and oxygen atoms in total. The highest BCUT2D eigenvalue weighted by molar-refractivity contribution is 5.54. The van der Waals surface area contributed by atoms with Crippen LogP contribution >= 0.6 is 0 Å². The summed E-state index contributed by atoms with van der Waals surface area (Å²) in [7, 11) is 0. The largest absolute Gasteiger partial charge is 0.371 e. The molecule has 1 saturated heterocycles. The van der Waals surface area contributed by atoms with Crippen LogP contribution in [0.1, 0.15) is 38.2 Å². The maximum Gasteiger partial charge on any atom is 0.0411 e. The molecule has 1 saturated carbocycles. The first-order valence-corrected chi connectivity index (χ1v) is 7.39. The van der Waals surface area contributed by atoms with Gasteiger partial charge in [-0.1, -0.05) is 25.1 Å². The summed E-state index contributed by atoms with van der Waals surface area (Å²) < 4.78 is 0. The van der Waals surface area contributed by atoms with Gasteiger partial charge in [0.15, 0.2) is 0 Å². The van der Waals surface area contributed by atoms with E-state index in [1.165, 1.54) is 50.0 Å². The van der Waals surface area contributed by atoms with Gasteiger partial charge in [-0.2, -0.15) is 0 Å². The van der Waals surface area contributed by atoms with E-state index in [1.54, 1.807) is 0 Å². The van der Waals surface area contributed by atoms with Crippen molar-refractivity contribution in [3.05, 3.63) is 29.8 Å². The van der Waals surface area contributed by atoms with E-state index in [9.17, 15) is 0 Å². The standard InChI is InChI=1S/C16H24N2/c1-13-5-4-10-18(12-13)16-7-3-2-6-14(16)11-17-15-8-9-15/h2-3,6-7,13,15,17H,4-5,8-12H2,1H3. The van der Waals surface area contributed by atoms with Crippen LogP contribution in [0.15, 0.2) is 24.3 Å². The molecule has 1 heterocycles. The summed E-state index contributed by atoms with van der Waals surface area (Å²) in [4.78, 5) is 2.58. The summed E-state index contributed by atoms with van der Waals surface area (Å²) >= 11 is 0. The van der Waals surface area contributed by atoms with Crippen LogP contribution in [-0.4, -0.2) is 19.1 Å². The number of hydrogen-bond donors (Lipinski definition) is 1. The molecular weight excluding hydrogens is 220 g/mol. The van der Waals surface area contributed by atoms with Gasteiger partial charge in [0.05, 0.1) is 0 Å². The number of rotatable bonds is 4. The zero-order valence-corrected chi connectivity index (χ0v) is 11.4. The third-order valence-corrected chi connectivity index (χ3v) is 4.15. The molecule has 18 heavy (non-hydrogen) atoms. The van der Waals surface area contributed by atoms with Crippen molar-refractivity contribution in [2.24, 2.45) is 5.92 Å². The van der Waals surface area contributed by atoms with E-state index in [2.05, 4.69) is 41.4 Å². The minimum atomic E-state index is 0.790. The summed E-state index contributed by atoms with van der Waals surface area (Å²) in [6.45, 7) is 5.86. The van der Waals surface area contributed by atoms with Crippen molar-refractivity contribution in [3.63, 3.8) is 0 Å². The fourth-order valence-corrected chi connectivity index (χ4v) is 2.92. The smallest absolute Gasteiger partial charge is 0.0411 e. The Morgan fingerprint density at radius 2 is 2.06 bits per heavy atom. The lowest BCUT2D eigenvalue weighted by atomic mass is 9.99. The lowest BCUT2D eigenvalue weighted by molar-refractivity contribution is 0.446. The zero-order chi connectivity index (χ0) is 12.4. The minimum Gasteiger partial charge on any atom is -0.371 e. The van der Waals surface area contributed by atoms with Gasteiger partial charge in [-0.3, -0.25) is 0 Å². The Bertz CT molecular complexity index is 398. The quantitative estimate of drug-likeness (QED) is 0.875. The van der Waals surface area contributed by atoms with Crippen molar-refractivity contribution in [3.8, 4) is 0 Å². The molecule has 2 aliphatic rings. The number of benzene rings is 1. The van der Waals surface area contributed by atoms with Crippen molar-refractivity contribution in [1.82, 2.24) is 5.32 Å². The molecule has 1 atom stereocenters. The molecule has 0 amide bonds. The monoisotopic (exact) mass is 244 g/mol. The molecule has 0 radical (unpaired) electrons. The maximum atomic E-state index is 3.64. The minimum absolute atomic E-state index is 0.790. The molecule has 2 fully saturated rings. The summed E-state index contributed by atoms with van der Waals surface area (Å²) in [6, 6.07) is 9.71. The second kappa shape index (κ2) is 5.31. The molecule has 98 valence electrons. The van der Waals surface area contributed by atoms with Crippen molar-refractivity contribution in [2.45, 2.75) is 45.2 Å².